The molecule has 2 aromatic carbocycles. The molecule has 0 saturated carbocycles. The molecule has 0 heterocycles. The molecule has 0 amide bonds. The predicted octanol–water partition coefficient (Wildman–Crippen LogP) is 5.17. The average molecular weight is 322 g/mol. The molecule has 23 heavy (non-hydrogen) atoms. The highest BCUT2D eigenvalue weighted by Gasteiger charge is 2.30. The Labute approximate surface area is 132 Å². The summed E-state index contributed by atoms with van der Waals surface area (Å²) in [6, 6.07) is 8.79. The Morgan fingerprint density at radius 1 is 1.04 bits per heavy atom. The highest BCUT2D eigenvalue weighted by molar-refractivity contribution is 5.92. The van der Waals surface area contributed by atoms with Crippen LogP contribution in [-0.4, -0.2) is 12.6 Å². The van der Waals surface area contributed by atoms with Crippen LogP contribution in [0.5, 0.6) is 0 Å². The Kier molecular flexibility index (Phi) is 4.78. The van der Waals surface area contributed by atoms with E-state index in [2.05, 4.69) is 0 Å². The van der Waals surface area contributed by atoms with Crippen LogP contribution in [0.1, 0.15) is 34.0 Å². The highest BCUT2D eigenvalue weighted by atomic mass is 19.4. The van der Waals surface area contributed by atoms with Crippen LogP contribution in [0.3, 0.4) is 0 Å². The van der Waals surface area contributed by atoms with E-state index >= 15 is 0 Å². The molecular weight excluding hydrogens is 305 g/mol. The molecule has 2 nitrogen and oxygen atoms in total. The number of ether oxygens (including phenoxy) is 1. The first-order chi connectivity index (χ1) is 10.7. The van der Waals surface area contributed by atoms with E-state index < -0.39 is 17.7 Å². The third kappa shape index (κ3) is 3.73. The second kappa shape index (κ2) is 6.44. The largest absolute Gasteiger partial charge is 0.462 e. The number of carbonyl (C=O) groups excluding carboxylic acids is 1. The summed E-state index contributed by atoms with van der Waals surface area (Å²) >= 11 is 0. The Bertz CT molecular complexity index is 734. The van der Waals surface area contributed by atoms with Crippen LogP contribution < -0.4 is 0 Å². The van der Waals surface area contributed by atoms with E-state index in [0.29, 0.717) is 16.7 Å². The van der Waals surface area contributed by atoms with Gasteiger partial charge in [0.2, 0.25) is 0 Å². The molecule has 0 unspecified atom stereocenters. The van der Waals surface area contributed by atoms with E-state index in [4.69, 9.17) is 4.74 Å². The molecule has 0 fully saturated rings. The summed E-state index contributed by atoms with van der Waals surface area (Å²) in [6.07, 6.45) is -4.35. The van der Waals surface area contributed by atoms with Gasteiger partial charge in [-0.3, -0.25) is 0 Å². The molecule has 0 atom stereocenters. The SMILES string of the molecule is CCOC(=O)c1ccc(-c2ccc(C(F)(F)F)cc2C)cc1C. The van der Waals surface area contributed by atoms with Crippen LogP contribution in [0.15, 0.2) is 36.4 Å². The summed E-state index contributed by atoms with van der Waals surface area (Å²) in [5.74, 6) is -0.402. The van der Waals surface area contributed by atoms with Gasteiger partial charge in [0.05, 0.1) is 17.7 Å². The minimum Gasteiger partial charge on any atom is -0.462 e. The molecule has 0 radical (unpaired) electrons. The number of benzene rings is 2. The zero-order valence-electron chi connectivity index (χ0n) is 13.1. The zero-order chi connectivity index (χ0) is 17.2. The maximum Gasteiger partial charge on any atom is 0.416 e. The molecule has 0 bridgehead atoms. The standard InChI is InChI=1S/C18H17F3O2/c1-4-23-17(22)16-7-5-13(9-11(16)2)15-8-6-14(10-12(15)3)18(19,20)21/h5-10H,4H2,1-3H3. The van der Waals surface area contributed by atoms with Crippen molar-refractivity contribution < 1.29 is 22.7 Å². The van der Waals surface area contributed by atoms with Gasteiger partial charge in [-0.15, -0.1) is 0 Å². The minimum absolute atomic E-state index is 0.290. The number of hydrogen-bond donors (Lipinski definition) is 0. The molecule has 2 aromatic rings. The molecule has 0 aliphatic carbocycles. The van der Waals surface area contributed by atoms with Crippen LogP contribution >= 0.6 is 0 Å². The lowest BCUT2D eigenvalue weighted by atomic mass is 9.95. The quantitative estimate of drug-likeness (QED) is 0.729. The summed E-state index contributed by atoms with van der Waals surface area (Å²) in [5, 5.41) is 0. The maximum atomic E-state index is 12.7. The molecule has 0 N–H and O–H groups in total. The molecule has 0 aromatic heterocycles. The Morgan fingerprint density at radius 2 is 1.74 bits per heavy atom. The van der Waals surface area contributed by atoms with E-state index in [0.717, 1.165) is 23.3 Å². The van der Waals surface area contributed by atoms with Gasteiger partial charge in [0.25, 0.3) is 0 Å². The van der Waals surface area contributed by atoms with Crippen molar-refractivity contribution in [2.45, 2.75) is 26.9 Å². The molecule has 2 rings (SSSR count). The number of halogens is 3. The first-order valence-corrected chi connectivity index (χ1v) is 7.20. The van der Waals surface area contributed by atoms with Crippen molar-refractivity contribution in [1.29, 1.82) is 0 Å². The average Bonchev–Trinajstić information content (AvgIpc) is 2.46. The second-order valence-corrected chi connectivity index (χ2v) is 5.28. The van der Waals surface area contributed by atoms with Crippen LogP contribution in [0.25, 0.3) is 11.1 Å². The Morgan fingerprint density at radius 3 is 2.26 bits per heavy atom. The minimum atomic E-state index is -4.35. The lowest BCUT2D eigenvalue weighted by Crippen LogP contribution is -2.07. The lowest BCUT2D eigenvalue weighted by molar-refractivity contribution is -0.137. The van der Waals surface area contributed by atoms with Crippen LogP contribution in [0.2, 0.25) is 0 Å². The topological polar surface area (TPSA) is 26.3 Å². The van der Waals surface area contributed by atoms with E-state index in [-0.39, 0.29) is 6.61 Å². The van der Waals surface area contributed by atoms with Gasteiger partial charge < -0.3 is 4.74 Å². The van der Waals surface area contributed by atoms with Gasteiger partial charge in [-0.05, 0) is 61.2 Å². The number of hydrogen-bond acceptors (Lipinski definition) is 2. The monoisotopic (exact) mass is 322 g/mol. The van der Waals surface area contributed by atoms with Crippen LogP contribution in [0, 0.1) is 13.8 Å². The summed E-state index contributed by atoms with van der Waals surface area (Å²) in [5.41, 5.74) is 2.51. The number of alkyl halides is 3. The van der Waals surface area contributed by atoms with Crippen LogP contribution in [-0.2, 0) is 10.9 Å². The van der Waals surface area contributed by atoms with Gasteiger partial charge >= 0.3 is 12.1 Å². The molecule has 0 aliphatic heterocycles. The molecular formula is C18H17F3O2. The van der Waals surface area contributed by atoms with E-state index in [1.807, 2.05) is 0 Å². The summed E-state index contributed by atoms with van der Waals surface area (Å²) in [7, 11) is 0. The zero-order valence-corrected chi connectivity index (χ0v) is 13.1. The van der Waals surface area contributed by atoms with Crippen molar-refractivity contribution in [3.05, 3.63) is 58.7 Å². The van der Waals surface area contributed by atoms with Gasteiger partial charge in [0, 0.05) is 0 Å². The van der Waals surface area contributed by atoms with Gasteiger partial charge in [-0.25, -0.2) is 4.79 Å². The maximum absolute atomic E-state index is 12.7. The lowest BCUT2D eigenvalue weighted by Gasteiger charge is -2.13. The number of esters is 1. The Balaban J connectivity index is 2.40. The normalized spacial score (nSPS) is 11.4. The first-order valence-electron chi connectivity index (χ1n) is 7.20. The Hall–Kier alpha value is -2.30. The number of carbonyl (C=O) groups is 1. The van der Waals surface area contributed by atoms with E-state index in [9.17, 15) is 18.0 Å². The van der Waals surface area contributed by atoms with E-state index in [1.54, 1.807) is 39.0 Å². The summed E-state index contributed by atoms with van der Waals surface area (Å²) in [6.45, 7) is 5.43. The third-order valence-electron chi connectivity index (χ3n) is 3.59. The predicted molar refractivity (Wildman–Crippen MR) is 82.3 cm³/mol. The van der Waals surface area contributed by atoms with Crippen molar-refractivity contribution in [2.24, 2.45) is 0 Å². The van der Waals surface area contributed by atoms with E-state index in [1.165, 1.54) is 6.07 Å². The molecule has 122 valence electrons. The number of rotatable bonds is 3. The summed E-state index contributed by atoms with van der Waals surface area (Å²) in [4.78, 5) is 11.8. The van der Waals surface area contributed by atoms with Crippen molar-refractivity contribution in [2.75, 3.05) is 6.61 Å². The second-order valence-electron chi connectivity index (χ2n) is 5.28. The van der Waals surface area contributed by atoms with Crippen LogP contribution in [0.4, 0.5) is 13.2 Å². The first kappa shape index (κ1) is 17.1. The number of aryl methyl sites for hydroxylation is 2. The molecule has 5 heteroatoms. The van der Waals surface area contributed by atoms with Gasteiger partial charge in [0.15, 0.2) is 0 Å². The highest BCUT2D eigenvalue weighted by Crippen LogP contribution is 2.33. The van der Waals surface area contributed by atoms with Crippen molar-refractivity contribution in [3.63, 3.8) is 0 Å². The molecule has 0 spiro atoms. The summed E-state index contributed by atoms with van der Waals surface area (Å²) < 4.78 is 43.2. The van der Waals surface area contributed by atoms with Gasteiger partial charge in [-0.1, -0.05) is 18.2 Å². The van der Waals surface area contributed by atoms with Crippen molar-refractivity contribution in [3.8, 4) is 11.1 Å². The van der Waals surface area contributed by atoms with Gasteiger partial charge in [0.1, 0.15) is 0 Å². The van der Waals surface area contributed by atoms with Crippen molar-refractivity contribution in [1.82, 2.24) is 0 Å². The smallest absolute Gasteiger partial charge is 0.416 e. The van der Waals surface area contributed by atoms with Gasteiger partial charge in [-0.2, -0.15) is 13.2 Å². The fraction of sp³-hybridized carbons (Fsp3) is 0.278. The fourth-order valence-electron chi connectivity index (χ4n) is 2.43. The molecule has 0 aliphatic rings. The molecule has 0 saturated heterocycles. The van der Waals surface area contributed by atoms with Crippen molar-refractivity contribution >= 4 is 5.97 Å². The third-order valence-corrected chi connectivity index (χ3v) is 3.59. The fourth-order valence-corrected chi connectivity index (χ4v) is 2.43.